The van der Waals surface area contributed by atoms with Gasteiger partial charge in [-0.15, -0.1) is 0 Å². The normalized spacial score (nSPS) is 10.9. The van der Waals surface area contributed by atoms with Crippen LogP contribution in [0.15, 0.2) is 58.1 Å². The number of carbonyl (C=O) groups excluding carboxylic acids is 1. The van der Waals surface area contributed by atoms with Crippen molar-refractivity contribution in [1.82, 2.24) is 5.43 Å². The fourth-order valence-electron chi connectivity index (χ4n) is 2.77. The van der Waals surface area contributed by atoms with E-state index in [0.29, 0.717) is 31.6 Å². The first-order valence-electron chi connectivity index (χ1n) is 9.41. The quantitative estimate of drug-likeness (QED) is 0.180. The molecule has 0 saturated carbocycles. The highest BCUT2D eigenvalue weighted by Gasteiger charge is 2.16. The molecular formula is C22H15BrCl3N3O5. The molecule has 1 amide bonds. The molecule has 1 N–H and O–H groups in total. The molecule has 0 atom stereocenters. The highest BCUT2D eigenvalue weighted by molar-refractivity contribution is 9.10. The summed E-state index contributed by atoms with van der Waals surface area (Å²) >= 11 is 21.3. The second-order valence-corrected chi connectivity index (χ2v) is 8.79. The standard InChI is InChI=1S/C22H15BrCl3N3O5/c1-33-20-7-12(6-16(23)21(20)34-11-14-2-4-15(24)9-18(14)26)10-27-28-22(30)13-3-5-17(25)19(8-13)29(31)32/h2-10H,11H2,1H3,(H,28,30)/b27-10-. The number of nitro benzene ring substituents is 1. The molecule has 0 aliphatic heterocycles. The zero-order valence-electron chi connectivity index (χ0n) is 17.4. The van der Waals surface area contributed by atoms with Crippen LogP contribution >= 0.6 is 50.7 Å². The van der Waals surface area contributed by atoms with Gasteiger partial charge in [0.15, 0.2) is 11.5 Å². The molecule has 176 valence electrons. The predicted molar refractivity (Wildman–Crippen MR) is 135 cm³/mol. The number of benzene rings is 3. The largest absolute Gasteiger partial charge is 0.493 e. The third-order valence-electron chi connectivity index (χ3n) is 4.42. The number of nitrogens with one attached hydrogen (secondary N) is 1. The summed E-state index contributed by atoms with van der Waals surface area (Å²) in [4.78, 5) is 22.6. The smallest absolute Gasteiger partial charge is 0.288 e. The van der Waals surface area contributed by atoms with E-state index in [1.165, 1.54) is 25.5 Å². The maximum Gasteiger partial charge on any atom is 0.288 e. The maximum atomic E-state index is 12.3. The Morgan fingerprint density at radius 3 is 2.59 bits per heavy atom. The minimum absolute atomic E-state index is 0.0385. The van der Waals surface area contributed by atoms with Crippen molar-refractivity contribution in [2.45, 2.75) is 6.61 Å². The number of nitro groups is 1. The molecule has 0 aromatic heterocycles. The van der Waals surface area contributed by atoms with Crippen LogP contribution in [-0.2, 0) is 6.61 Å². The van der Waals surface area contributed by atoms with E-state index >= 15 is 0 Å². The van der Waals surface area contributed by atoms with Gasteiger partial charge in [0.25, 0.3) is 11.6 Å². The van der Waals surface area contributed by atoms with E-state index in [-0.39, 0.29) is 22.9 Å². The molecule has 0 bridgehead atoms. The third kappa shape index (κ3) is 6.38. The monoisotopic (exact) mass is 585 g/mol. The lowest BCUT2D eigenvalue weighted by Crippen LogP contribution is -2.17. The minimum atomic E-state index is -0.670. The van der Waals surface area contributed by atoms with Gasteiger partial charge in [0, 0.05) is 27.2 Å². The lowest BCUT2D eigenvalue weighted by molar-refractivity contribution is -0.384. The van der Waals surface area contributed by atoms with E-state index in [9.17, 15) is 14.9 Å². The van der Waals surface area contributed by atoms with Gasteiger partial charge in [0.1, 0.15) is 11.6 Å². The average molecular weight is 588 g/mol. The Morgan fingerprint density at radius 1 is 1.15 bits per heavy atom. The maximum absolute atomic E-state index is 12.3. The number of hydrogen-bond donors (Lipinski definition) is 1. The van der Waals surface area contributed by atoms with Gasteiger partial charge in [0.05, 0.1) is 22.7 Å². The number of rotatable bonds is 8. The number of ether oxygens (including phenoxy) is 2. The van der Waals surface area contributed by atoms with Gasteiger partial charge in [-0.2, -0.15) is 5.10 Å². The zero-order chi connectivity index (χ0) is 24.8. The van der Waals surface area contributed by atoms with Crippen molar-refractivity contribution < 1.29 is 19.2 Å². The second-order valence-electron chi connectivity index (χ2n) is 6.68. The lowest BCUT2D eigenvalue weighted by atomic mass is 10.2. The van der Waals surface area contributed by atoms with Gasteiger partial charge in [-0.05, 0) is 57.9 Å². The van der Waals surface area contributed by atoms with Crippen molar-refractivity contribution in [3.8, 4) is 11.5 Å². The van der Waals surface area contributed by atoms with Crippen LogP contribution in [0, 0.1) is 10.1 Å². The number of methoxy groups -OCH3 is 1. The van der Waals surface area contributed by atoms with Gasteiger partial charge in [-0.3, -0.25) is 14.9 Å². The van der Waals surface area contributed by atoms with Crippen LogP contribution in [0.5, 0.6) is 11.5 Å². The topological polar surface area (TPSA) is 103 Å². The zero-order valence-corrected chi connectivity index (χ0v) is 21.2. The number of nitrogens with zero attached hydrogens (tertiary/aromatic N) is 2. The molecule has 34 heavy (non-hydrogen) atoms. The number of hydrogen-bond acceptors (Lipinski definition) is 6. The van der Waals surface area contributed by atoms with Crippen LogP contribution in [0.25, 0.3) is 0 Å². The van der Waals surface area contributed by atoms with E-state index in [1.807, 2.05) is 0 Å². The summed E-state index contributed by atoms with van der Waals surface area (Å²) in [6.45, 7) is 0.182. The number of hydrazone groups is 1. The molecule has 0 aliphatic carbocycles. The Balaban J connectivity index is 1.72. The molecule has 3 rings (SSSR count). The highest BCUT2D eigenvalue weighted by atomic mass is 79.9. The van der Waals surface area contributed by atoms with Gasteiger partial charge >= 0.3 is 0 Å². The fourth-order valence-corrected chi connectivity index (χ4v) is 3.99. The van der Waals surface area contributed by atoms with Gasteiger partial charge in [-0.1, -0.05) is 40.9 Å². The van der Waals surface area contributed by atoms with E-state index in [1.54, 1.807) is 30.3 Å². The number of halogens is 4. The summed E-state index contributed by atoms with van der Waals surface area (Å²) < 4.78 is 11.9. The lowest BCUT2D eigenvalue weighted by Gasteiger charge is -2.14. The van der Waals surface area contributed by atoms with E-state index in [4.69, 9.17) is 44.3 Å². The Kier molecular flexibility index (Phi) is 8.73. The van der Waals surface area contributed by atoms with Crippen molar-refractivity contribution in [1.29, 1.82) is 0 Å². The molecule has 0 unspecified atom stereocenters. The molecule has 8 nitrogen and oxygen atoms in total. The van der Waals surface area contributed by atoms with Crippen molar-refractivity contribution in [2.75, 3.05) is 7.11 Å². The molecule has 0 aliphatic rings. The first-order valence-corrected chi connectivity index (χ1v) is 11.3. The Bertz CT molecular complexity index is 1290. The van der Waals surface area contributed by atoms with E-state index in [0.717, 1.165) is 11.6 Å². The van der Waals surface area contributed by atoms with Gasteiger partial charge in [0.2, 0.25) is 0 Å². The van der Waals surface area contributed by atoms with E-state index in [2.05, 4.69) is 26.5 Å². The summed E-state index contributed by atoms with van der Waals surface area (Å²) in [5.41, 5.74) is 3.31. The summed E-state index contributed by atoms with van der Waals surface area (Å²) in [7, 11) is 1.49. The molecule has 0 saturated heterocycles. The summed E-state index contributed by atoms with van der Waals surface area (Å²) in [5, 5.41) is 15.8. The molecule has 0 heterocycles. The molecule has 3 aromatic carbocycles. The Morgan fingerprint density at radius 2 is 1.91 bits per heavy atom. The SMILES string of the molecule is COc1cc(/C=N\NC(=O)c2ccc(Cl)c([N+](=O)[O-])c2)cc(Br)c1OCc1ccc(Cl)cc1Cl. The first kappa shape index (κ1) is 25.8. The predicted octanol–water partition coefficient (Wildman–Crippen LogP) is 6.67. The number of carbonyl (C=O) groups is 1. The van der Waals surface area contributed by atoms with Crippen molar-refractivity contribution in [3.05, 3.63) is 94.9 Å². The van der Waals surface area contributed by atoms with E-state index < -0.39 is 10.8 Å². The van der Waals surface area contributed by atoms with Crippen LogP contribution in [0.2, 0.25) is 15.1 Å². The van der Waals surface area contributed by atoms with Crippen LogP contribution in [0.4, 0.5) is 5.69 Å². The van der Waals surface area contributed by atoms with Gasteiger partial charge < -0.3 is 9.47 Å². The molecule has 0 spiro atoms. The molecule has 0 fully saturated rings. The average Bonchev–Trinajstić information content (AvgIpc) is 2.79. The van der Waals surface area contributed by atoms with Gasteiger partial charge in [-0.25, -0.2) is 5.43 Å². The fraction of sp³-hybridized carbons (Fsp3) is 0.0909. The second kappa shape index (κ2) is 11.5. The molecule has 3 aromatic rings. The summed E-state index contributed by atoms with van der Waals surface area (Å²) in [6, 6.07) is 12.2. The molecule has 0 radical (unpaired) electrons. The summed E-state index contributed by atoms with van der Waals surface area (Å²) in [5.74, 6) is 0.227. The number of amides is 1. The highest BCUT2D eigenvalue weighted by Crippen LogP contribution is 2.37. The van der Waals surface area contributed by atoms with Crippen LogP contribution < -0.4 is 14.9 Å². The van der Waals surface area contributed by atoms with Crippen molar-refractivity contribution >= 4 is 68.5 Å². The van der Waals surface area contributed by atoms with Crippen LogP contribution in [0.3, 0.4) is 0 Å². The van der Waals surface area contributed by atoms with Crippen LogP contribution in [0.1, 0.15) is 21.5 Å². The summed E-state index contributed by atoms with van der Waals surface area (Å²) in [6.07, 6.45) is 1.38. The third-order valence-corrected chi connectivity index (χ3v) is 5.92. The molecule has 12 heteroatoms. The Hall–Kier alpha value is -2.85. The van der Waals surface area contributed by atoms with Crippen molar-refractivity contribution in [3.63, 3.8) is 0 Å². The Labute approximate surface area is 217 Å². The molecular weight excluding hydrogens is 573 g/mol. The first-order chi connectivity index (χ1) is 16.2. The van der Waals surface area contributed by atoms with Crippen LogP contribution in [-0.4, -0.2) is 24.2 Å². The van der Waals surface area contributed by atoms with Crippen molar-refractivity contribution in [2.24, 2.45) is 5.10 Å². The minimum Gasteiger partial charge on any atom is -0.493 e.